The van der Waals surface area contributed by atoms with Gasteiger partial charge < -0.3 is 5.11 Å². The van der Waals surface area contributed by atoms with E-state index in [-0.39, 0.29) is 13.1 Å². The summed E-state index contributed by atoms with van der Waals surface area (Å²) in [5.41, 5.74) is 6.25. The first-order valence-electron chi connectivity index (χ1n) is 9.50. The normalized spacial score (nSPS) is 14.3. The molecule has 1 N–H and O–H groups in total. The van der Waals surface area contributed by atoms with Gasteiger partial charge in [-0.3, -0.25) is 0 Å². The molecule has 3 heteroatoms. The molecule has 0 saturated heterocycles. The summed E-state index contributed by atoms with van der Waals surface area (Å²) in [6, 6.07) is 11.0. The average Bonchev–Trinajstić information content (AvgIpc) is 2.54. The van der Waals surface area contributed by atoms with Crippen LogP contribution in [0.25, 0.3) is 0 Å². The first-order chi connectivity index (χ1) is 12.2. The van der Waals surface area contributed by atoms with Crippen LogP contribution in [0.3, 0.4) is 0 Å². The molecule has 0 heterocycles. The zero-order chi connectivity index (χ0) is 19.5. The Morgan fingerprint density at radius 2 is 1.77 bits per heavy atom. The van der Waals surface area contributed by atoms with E-state index < -0.39 is 0 Å². The Balaban J connectivity index is 2.56. The van der Waals surface area contributed by atoms with Crippen molar-refractivity contribution >= 4 is 21.8 Å². The van der Waals surface area contributed by atoms with E-state index in [1.54, 1.807) is 0 Å². The lowest BCUT2D eigenvalue weighted by atomic mass is 9.91. The summed E-state index contributed by atoms with van der Waals surface area (Å²) in [6.45, 7) is 15.7. The second-order valence-electron chi connectivity index (χ2n) is 8.03. The van der Waals surface area contributed by atoms with Crippen molar-refractivity contribution in [3.63, 3.8) is 0 Å². The highest BCUT2D eigenvalue weighted by Crippen LogP contribution is 2.50. The van der Waals surface area contributed by atoms with Crippen molar-refractivity contribution < 1.29 is 5.11 Å². The van der Waals surface area contributed by atoms with E-state index in [0.717, 1.165) is 24.0 Å². The standard InChI is InChI=1S/C23H34OP2/c1-8-12-23(5,20-14-16(2)13-18(4)21(20)24)25-22-17(3)10-9-11-19(22)15-26(6)7/h9-11,13-14,24-25H,8,12,15H2,1-7H3. The Kier molecular flexibility index (Phi) is 7.29. The van der Waals surface area contributed by atoms with Gasteiger partial charge >= 0.3 is 0 Å². The third kappa shape index (κ3) is 4.88. The topological polar surface area (TPSA) is 20.2 Å². The zero-order valence-electron chi connectivity index (χ0n) is 17.4. The molecule has 2 aromatic rings. The van der Waals surface area contributed by atoms with Crippen molar-refractivity contribution in [3.8, 4) is 5.75 Å². The maximum atomic E-state index is 10.9. The highest BCUT2D eigenvalue weighted by atomic mass is 31.1. The molecule has 0 aromatic heterocycles. The van der Waals surface area contributed by atoms with Crippen molar-refractivity contribution in [2.45, 2.75) is 58.8 Å². The molecule has 2 aromatic carbocycles. The number of hydrogen-bond acceptors (Lipinski definition) is 1. The molecule has 2 unspecified atom stereocenters. The monoisotopic (exact) mass is 388 g/mol. The van der Waals surface area contributed by atoms with E-state index in [1.807, 2.05) is 6.92 Å². The predicted molar refractivity (Wildman–Crippen MR) is 121 cm³/mol. The fourth-order valence-electron chi connectivity index (χ4n) is 3.80. The van der Waals surface area contributed by atoms with Gasteiger partial charge in [-0.05, 0) is 68.7 Å². The Morgan fingerprint density at radius 1 is 1.08 bits per heavy atom. The van der Waals surface area contributed by atoms with Gasteiger partial charge in [0.25, 0.3) is 0 Å². The molecule has 0 aliphatic carbocycles. The van der Waals surface area contributed by atoms with Crippen LogP contribution in [0, 0.1) is 20.8 Å². The summed E-state index contributed by atoms with van der Waals surface area (Å²) in [6.07, 6.45) is 3.38. The quantitative estimate of drug-likeness (QED) is 0.531. The van der Waals surface area contributed by atoms with E-state index in [2.05, 4.69) is 71.4 Å². The molecule has 0 amide bonds. The van der Waals surface area contributed by atoms with Gasteiger partial charge in [0.2, 0.25) is 0 Å². The van der Waals surface area contributed by atoms with Gasteiger partial charge in [0, 0.05) is 10.7 Å². The molecule has 0 fully saturated rings. The molecule has 1 nitrogen and oxygen atoms in total. The smallest absolute Gasteiger partial charge is 0.122 e. The van der Waals surface area contributed by atoms with E-state index in [1.165, 1.54) is 28.2 Å². The molecule has 0 aliphatic heterocycles. The first kappa shape index (κ1) is 21.4. The van der Waals surface area contributed by atoms with Crippen LogP contribution >= 0.6 is 16.5 Å². The van der Waals surface area contributed by atoms with Crippen molar-refractivity contribution in [1.29, 1.82) is 0 Å². The molecule has 0 bridgehead atoms. The molecule has 2 rings (SSSR count). The Morgan fingerprint density at radius 3 is 2.38 bits per heavy atom. The number of aromatic hydroxyl groups is 1. The lowest BCUT2D eigenvalue weighted by Crippen LogP contribution is -2.22. The maximum Gasteiger partial charge on any atom is 0.122 e. The van der Waals surface area contributed by atoms with Crippen molar-refractivity contribution in [1.82, 2.24) is 0 Å². The highest BCUT2D eigenvalue weighted by molar-refractivity contribution is 7.55. The van der Waals surface area contributed by atoms with E-state index in [4.69, 9.17) is 0 Å². The van der Waals surface area contributed by atoms with Gasteiger partial charge in [-0.2, -0.15) is 0 Å². The minimum Gasteiger partial charge on any atom is -0.507 e. The molecule has 0 saturated carbocycles. The zero-order valence-corrected chi connectivity index (χ0v) is 19.3. The number of phenols is 1. The third-order valence-corrected chi connectivity index (χ3v) is 8.05. The van der Waals surface area contributed by atoms with E-state index in [9.17, 15) is 5.11 Å². The SMILES string of the molecule is CCCC(C)(Pc1c(C)cccc1CP(C)C)c1cc(C)cc(C)c1O. The molecule has 2 atom stereocenters. The third-order valence-electron chi connectivity index (χ3n) is 5.04. The summed E-state index contributed by atoms with van der Waals surface area (Å²) >= 11 is 0. The lowest BCUT2D eigenvalue weighted by molar-refractivity contribution is 0.449. The van der Waals surface area contributed by atoms with Crippen LogP contribution in [0.5, 0.6) is 5.75 Å². The number of hydrogen-bond donors (Lipinski definition) is 1. The molecule has 0 aliphatic rings. The molecular formula is C23H34OP2. The lowest BCUT2D eigenvalue weighted by Gasteiger charge is -2.33. The van der Waals surface area contributed by atoms with Gasteiger partial charge in [-0.15, -0.1) is 7.92 Å². The molecular weight excluding hydrogens is 354 g/mol. The Bertz CT molecular complexity index is 767. The van der Waals surface area contributed by atoms with Crippen LogP contribution in [-0.4, -0.2) is 18.4 Å². The second kappa shape index (κ2) is 8.86. The largest absolute Gasteiger partial charge is 0.507 e. The van der Waals surface area contributed by atoms with Crippen LogP contribution in [-0.2, 0) is 11.3 Å². The van der Waals surface area contributed by atoms with E-state index >= 15 is 0 Å². The van der Waals surface area contributed by atoms with Crippen LogP contribution < -0.4 is 5.30 Å². The van der Waals surface area contributed by atoms with E-state index in [0.29, 0.717) is 14.3 Å². The van der Waals surface area contributed by atoms with Crippen molar-refractivity contribution in [3.05, 3.63) is 58.1 Å². The summed E-state index contributed by atoms with van der Waals surface area (Å²) in [7, 11) is 0.699. The van der Waals surface area contributed by atoms with Gasteiger partial charge in [-0.1, -0.05) is 64.7 Å². The number of rotatable bonds is 7. The van der Waals surface area contributed by atoms with Crippen LogP contribution in [0.15, 0.2) is 30.3 Å². The maximum absolute atomic E-state index is 10.9. The molecule has 0 spiro atoms. The van der Waals surface area contributed by atoms with Crippen molar-refractivity contribution in [2.75, 3.05) is 13.3 Å². The fraction of sp³-hybridized carbons (Fsp3) is 0.478. The van der Waals surface area contributed by atoms with Gasteiger partial charge in [-0.25, -0.2) is 0 Å². The van der Waals surface area contributed by atoms with Gasteiger partial charge in [0.05, 0.1) is 0 Å². The molecule has 0 radical (unpaired) electrons. The summed E-state index contributed by atoms with van der Waals surface area (Å²) in [5.74, 6) is 0.488. The fourth-order valence-corrected chi connectivity index (χ4v) is 6.76. The van der Waals surface area contributed by atoms with Crippen molar-refractivity contribution in [2.24, 2.45) is 0 Å². The second-order valence-corrected chi connectivity index (χ2v) is 12.4. The van der Waals surface area contributed by atoms with Gasteiger partial charge in [0.15, 0.2) is 0 Å². The number of benzene rings is 2. The summed E-state index contributed by atoms with van der Waals surface area (Å²) in [4.78, 5) is 0. The minimum atomic E-state index is -0.0271. The average molecular weight is 388 g/mol. The first-order valence-corrected chi connectivity index (χ1v) is 12.9. The van der Waals surface area contributed by atoms with Crippen LogP contribution in [0.2, 0.25) is 0 Å². The van der Waals surface area contributed by atoms with Crippen LogP contribution in [0.1, 0.15) is 54.5 Å². The number of aryl methyl sites for hydroxylation is 3. The predicted octanol–water partition coefficient (Wildman–Crippen LogP) is 6.58. The number of phenolic OH excluding ortho intramolecular Hbond substituents is 1. The highest BCUT2D eigenvalue weighted by Gasteiger charge is 2.31. The minimum absolute atomic E-state index is 0.0271. The molecule has 142 valence electrons. The molecule has 26 heavy (non-hydrogen) atoms. The van der Waals surface area contributed by atoms with Crippen LogP contribution in [0.4, 0.5) is 0 Å². The Labute approximate surface area is 163 Å². The Hall–Kier alpha value is -0.900. The summed E-state index contributed by atoms with van der Waals surface area (Å²) in [5, 5.41) is 12.3. The summed E-state index contributed by atoms with van der Waals surface area (Å²) < 4.78 is 0. The van der Waals surface area contributed by atoms with Gasteiger partial charge in [0.1, 0.15) is 5.75 Å².